The van der Waals surface area contributed by atoms with Gasteiger partial charge in [-0.15, -0.1) is 0 Å². The van der Waals surface area contributed by atoms with Crippen LogP contribution in [0.5, 0.6) is 0 Å². The highest BCUT2D eigenvalue weighted by atomic mass is 16.3. The molecule has 0 amide bonds. The Balaban J connectivity index is 4.05. The van der Waals surface area contributed by atoms with Crippen LogP contribution in [0.25, 0.3) is 0 Å². The van der Waals surface area contributed by atoms with Gasteiger partial charge in [0, 0.05) is 6.61 Å². The monoisotopic (exact) mass is 158 g/mol. The standard InChI is InChI=1S/C10H22O/c1-5-10(6-2,8-11)7-9(3)4/h9,11H,5-8H2,1-4H3. The molecule has 0 fully saturated rings. The molecule has 0 aliphatic heterocycles. The summed E-state index contributed by atoms with van der Waals surface area (Å²) in [5, 5.41) is 9.23. The Kier molecular flexibility index (Phi) is 4.74. The van der Waals surface area contributed by atoms with E-state index in [0.717, 1.165) is 19.3 Å². The first-order chi connectivity index (χ1) is 5.10. The van der Waals surface area contributed by atoms with Crippen molar-refractivity contribution in [2.45, 2.75) is 47.0 Å². The van der Waals surface area contributed by atoms with Crippen LogP contribution in [0.2, 0.25) is 0 Å². The maximum Gasteiger partial charge on any atom is 0.0487 e. The molecule has 1 nitrogen and oxygen atoms in total. The normalized spacial score (nSPS) is 12.5. The molecule has 0 saturated carbocycles. The summed E-state index contributed by atoms with van der Waals surface area (Å²) >= 11 is 0. The third-order valence-corrected chi connectivity index (χ3v) is 2.68. The molecule has 1 N–H and O–H groups in total. The highest BCUT2D eigenvalue weighted by Gasteiger charge is 2.25. The van der Waals surface area contributed by atoms with Gasteiger partial charge in [0.05, 0.1) is 0 Å². The fourth-order valence-electron chi connectivity index (χ4n) is 1.69. The van der Waals surface area contributed by atoms with Crippen LogP contribution in [0, 0.1) is 11.3 Å². The number of aliphatic hydroxyl groups is 1. The van der Waals surface area contributed by atoms with E-state index in [0.29, 0.717) is 12.5 Å². The first kappa shape index (κ1) is 11.0. The molecule has 0 rings (SSSR count). The predicted octanol–water partition coefficient (Wildman–Crippen LogP) is 2.83. The van der Waals surface area contributed by atoms with E-state index in [4.69, 9.17) is 0 Å². The zero-order valence-electron chi connectivity index (χ0n) is 8.35. The summed E-state index contributed by atoms with van der Waals surface area (Å²) in [5.41, 5.74) is 0.203. The van der Waals surface area contributed by atoms with E-state index in [9.17, 15) is 5.11 Å². The second-order valence-corrected chi connectivity index (χ2v) is 3.96. The van der Waals surface area contributed by atoms with Gasteiger partial charge in [-0.05, 0) is 30.6 Å². The van der Waals surface area contributed by atoms with E-state index in [1.54, 1.807) is 0 Å². The number of hydrogen-bond donors (Lipinski definition) is 1. The van der Waals surface area contributed by atoms with E-state index >= 15 is 0 Å². The van der Waals surface area contributed by atoms with Gasteiger partial charge in [0.1, 0.15) is 0 Å². The maximum absolute atomic E-state index is 9.23. The van der Waals surface area contributed by atoms with Crippen LogP contribution in [-0.2, 0) is 0 Å². The molecule has 0 atom stereocenters. The van der Waals surface area contributed by atoms with Crippen molar-refractivity contribution in [1.82, 2.24) is 0 Å². The Morgan fingerprint density at radius 3 is 1.73 bits per heavy atom. The minimum Gasteiger partial charge on any atom is -0.396 e. The number of aliphatic hydroxyl groups excluding tert-OH is 1. The molecule has 0 aliphatic carbocycles. The summed E-state index contributed by atoms with van der Waals surface area (Å²) in [6.45, 7) is 9.12. The summed E-state index contributed by atoms with van der Waals surface area (Å²) in [5.74, 6) is 0.696. The Hall–Kier alpha value is -0.0400. The summed E-state index contributed by atoms with van der Waals surface area (Å²) in [7, 11) is 0. The molecule has 0 spiro atoms. The predicted molar refractivity (Wildman–Crippen MR) is 49.6 cm³/mol. The van der Waals surface area contributed by atoms with Gasteiger partial charge in [-0.1, -0.05) is 27.7 Å². The van der Waals surface area contributed by atoms with Gasteiger partial charge in [-0.2, -0.15) is 0 Å². The molecule has 68 valence electrons. The fourth-order valence-corrected chi connectivity index (χ4v) is 1.69. The zero-order valence-corrected chi connectivity index (χ0v) is 8.35. The highest BCUT2D eigenvalue weighted by molar-refractivity contribution is 4.76. The Morgan fingerprint density at radius 1 is 1.18 bits per heavy atom. The minimum absolute atomic E-state index is 0.203. The fraction of sp³-hybridized carbons (Fsp3) is 1.00. The second kappa shape index (κ2) is 4.76. The van der Waals surface area contributed by atoms with Crippen molar-refractivity contribution < 1.29 is 5.11 Å². The number of hydrogen-bond acceptors (Lipinski definition) is 1. The molecule has 0 aromatic heterocycles. The Labute approximate surface area is 70.8 Å². The lowest BCUT2D eigenvalue weighted by molar-refractivity contribution is 0.0916. The molecule has 0 aromatic carbocycles. The molecule has 0 bridgehead atoms. The lowest BCUT2D eigenvalue weighted by Gasteiger charge is -2.31. The Bertz CT molecular complexity index is 84.8. The maximum atomic E-state index is 9.23. The topological polar surface area (TPSA) is 20.2 Å². The SMILES string of the molecule is CCC(CC)(CO)CC(C)C. The molecule has 0 radical (unpaired) electrons. The third-order valence-electron chi connectivity index (χ3n) is 2.68. The minimum atomic E-state index is 0.203. The van der Waals surface area contributed by atoms with Crippen molar-refractivity contribution in [3.63, 3.8) is 0 Å². The van der Waals surface area contributed by atoms with Crippen LogP contribution in [0.3, 0.4) is 0 Å². The Morgan fingerprint density at radius 2 is 1.64 bits per heavy atom. The molecular formula is C10H22O. The summed E-state index contributed by atoms with van der Waals surface area (Å²) in [6.07, 6.45) is 3.34. The molecule has 0 aliphatic rings. The average molecular weight is 158 g/mol. The van der Waals surface area contributed by atoms with E-state index < -0.39 is 0 Å². The van der Waals surface area contributed by atoms with Crippen molar-refractivity contribution in [1.29, 1.82) is 0 Å². The molecule has 1 heteroatoms. The van der Waals surface area contributed by atoms with E-state index in [2.05, 4.69) is 27.7 Å². The van der Waals surface area contributed by atoms with Gasteiger partial charge in [0.15, 0.2) is 0 Å². The van der Waals surface area contributed by atoms with Crippen molar-refractivity contribution in [3.8, 4) is 0 Å². The van der Waals surface area contributed by atoms with Gasteiger partial charge in [0.25, 0.3) is 0 Å². The molecule has 0 saturated heterocycles. The number of rotatable bonds is 5. The quantitative estimate of drug-likeness (QED) is 0.652. The lowest BCUT2D eigenvalue weighted by Crippen LogP contribution is -2.25. The zero-order chi connectivity index (χ0) is 8.91. The van der Waals surface area contributed by atoms with Crippen molar-refractivity contribution >= 4 is 0 Å². The van der Waals surface area contributed by atoms with E-state index in [1.165, 1.54) is 0 Å². The lowest BCUT2D eigenvalue weighted by atomic mass is 9.76. The molecule has 0 heterocycles. The van der Waals surface area contributed by atoms with Crippen molar-refractivity contribution in [2.75, 3.05) is 6.61 Å². The van der Waals surface area contributed by atoms with Gasteiger partial charge >= 0.3 is 0 Å². The second-order valence-electron chi connectivity index (χ2n) is 3.96. The van der Waals surface area contributed by atoms with Gasteiger partial charge in [0.2, 0.25) is 0 Å². The molecule has 11 heavy (non-hydrogen) atoms. The first-order valence-electron chi connectivity index (χ1n) is 4.71. The molecule has 0 aromatic rings. The van der Waals surface area contributed by atoms with Crippen LogP contribution in [0.15, 0.2) is 0 Å². The van der Waals surface area contributed by atoms with Crippen molar-refractivity contribution in [3.05, 3.63) is 0 Å². The van der Waals surface area contributed by atoms with Crippen LogP contribution in [0.4, 0.5) is 0 Å². The smallest absolute Gasteiger partial charge is 0.0487 e. The van der Waals surface area contributed by atoms with Crippen LogP contribution < -0.4 is 0 Å². The van der Waals surface area contributed by atoms with Crippen LogP contribution in [0.1, 0.15) is 47.0 Å². The third kappa shape index (κ3) is 3.24. The largest absolute Gasteiger partial charge is 0.396 e. The van der Waals surface area contributed by atoms with Gasteiger partial charge in [-0.25, -0.2) is 0 Å². The van der Waals surface area contributed by atoms with E-state index in [1.807, 2.05) is 0 Å². The van der Waals surface area contributed by atoms with Crippen LogP contribution in [-0.4, -0.2) is 11.7 Å². The first-order valence-corrected chi connectivity index (χ1v) is 4.71. The molecular weight excluding hydrogens is 136 g/mol. The highest BCUT2D eigenvalue weighted by Crippen LogP contribution is 2.32. The summed E-state index contributed by atoms with van der Waals surface area (Å²) < 4.78 is 0. The van der Waals surface area contributed by atoms with Gasteiger partial charge in [-0.3, -0.25) is 0 Å². The van der Waals surface area contributed by atoms with E-state index in [-0.39, 0.29) is 5.41 Å². The summed E-state index contributed by atoms with van der Waals surface area (Å²) in [4.78, 5) is 0. The van der Waals surface area contributed by atoms with Gasteiger partial charge < -0.3 is 5.11 Å². The average Bonchev–Trinajstić information content (AvgIpc) is 2.00. The van der Waals surface area contributed by atoms with Crippen molar-refractivity contribution in [2.24, 2.45) is 11.3 Å². The summed E-state index contributed by atoms with van der Waals surface area (Å²) in [6, 6.07) is 0. The van der Waals surface area contributed by atoms with Crippen LogP contribution >= 0.6 is 0 Å². The molecule has 0 unspecified atom stereocenters.